The zero-order chi connectivity index (χ0) is 14.8. The molecule has 1 fully saturated rings. The number of hydrogen-bond acceptors (Lipinski definition) is 6. The Labute approximate surface area is 131 Å². The van der Waals surface area contributed by atoms with Gasteiger partial charge in [0.25, 0.3) is 5.91 Å². The second-order valence-corrected chi connectivity index (χ2v) is 6.91. The van der Waals surface area contributed by atoms with Gasteiger partial charge in [-0.1, -0.05) is 11.3 Å². The van der Waals surface area contributed by atoms with Crippen molar-refractivity contribution >= 4 is 39.5 Å². The normalized spacial score (nSPS) is 16.1. The number of carbonyl (C=O) groups is 1. The Morgan fingerprint density at radius 1 is 1.48 bits per heavy atom. The summed E-state index contributed by atoms with van der Waals surface area (Å²) in [7, 11) is 0. The summed E-state index contributed by atoms with van der Waals surface area (Å²) in [4.78, 5) is 19.4. The first-order valence-corrected chi connectivity index (χ1v) is 8.75. The second kappa shape index (κ2) is 6.03. The van der Waals surface area contributed by atoms with Crippen molar-refractivity contribution in [3.05, 3.63) is 27.3 Å². The Hall–Kier alpha value is -1.60. The van der Waals surface area contributed by atoms with E-state index in [4.69, 9.17) is 5.73 Å². The second-order valence-electron chi connectivity index (χ2n) is 5.16. The molecule has 0 aromatic carbocycles. The van der Waals surface area contributed by atoms with E-state index in [0.717, 1.165) is 23.8 Å². The minimum atomic E-state index is -0.144. The maximum Gasteiger partial charge on any atom is 0.265 e. The third-order valence-electron chi connectivity index (χ3n) is 3.62. The van der Waals surface area contributed by atoms with Gasteiger partial charge in [-0.2, -0.15) is 11.3 Å². The van der Waals surface area contributed by atoms with E-state index in [1.165, 1.54) is 24.2 Å². The summed E-state index contributed by atoms with van der Waals surface area (Å²) in [5.74, 6) is 0.186. The van der Waals surface area contributed by atoms with Gasteiger partial charge >= 0.3 is 0 Å². The Bertz CT molecular complexity index is 617. The van der Waals surface area contributed by atoms with Gasteiger partial charge in [-0.3, -0.25) is 4.79 Å². The SMILES string of the molecule is CC(NC(=O)c1sc(N2CCCC2)nc1N)c1ccsc1. The fourth-order valence-electron chi connectivity index (χ4n) is 2.39. The minimum absolute atomic E-state index is 0.0273. The average molecular weight is 322 g/mol. The number of anilines is 2. The van der Waals surface area contributed by atoms with E-state index in [9.17, 15) is 4.79 Å². The van der Waals surface area contributed by atoms with Crippen LogP contribution in [0.1, 0.15) is 41.0 Å². The van der Waals surface area contributed by atoms with E-state index in [1.807, 2.05) is 23.8 Å². The molecule has 1 aliphatic rings. The summed E-state index contributed by atoms with van der Waals surface area (Å²) < 4.78 is 0. The Balaban J connectivity index is 1.72. The highest BCUT2D eigenvalue weighted by Gasteiger charge is 2.22. The van der Waals surface area contributed by atoms with Crippen molar-refractivity contribution in [2.75, 3.05) is 23.7 Å². The molecule has 0 bridgehead atoms. The van der Waals surface area contributed by atoms with Crippen molar-refractivity contribution in [3.63, 3.8) is 0 Å². The van der Waals surface area contributed by atoms with E-state index < -0.39 is 0 Å². The van der Waals surface area contributed by atoms with Crippen molar-refractivity contribution < 1.29 is 4.79 Å². The first-order chi connectivity index (χ1) is 10.1. The van der Waals surface area contributed by atoms with Crippen LogP contribution in [0.25, 0.3) is 0 Å². The predicted molar refractivity (Wildman–Crippen MR) is 88.2 cm³/mol. The third-order valence-corrected chi connectivity index (χ3v) is 5.45. The number of nitrogens with zero attached hydrogens (tertiary/aromatic N) is 2. The Morgan fingerprint density at radius 2 is 2.24 bits per heavy atom. The average Bonchev–Trinajstić information content (AvgIpc) is 3.20. The summed E-state index contributed by atoms with van der Waals surface area (Å²) >= 11 is 3.01. The number of nitrogens with two attached hydrogens (primary N) is 1. The highest BCUT2D eigenvalue weighted by Crippen LogP contribution is 2.30. The van der Waals surface area contributed by atoms with Crippen LogP contribution < -0.4 is 16.0 Å². The predicted octanol–water partition coefficient (Wildman–Crippen LogP) is 2.88. The molecule has 5 nitrogen and oxygen atoms in total. The van der Waals surface area contributed by atoms with Crippen molar-refractivity contribution in [3.8, 4) is 0 Å². The molecular weight excluding hydrogens is 304 g/mol. The number of amides is 1. The number of thiazole rings is 1. The monoisotopic (exact) mass is 322 g/mol. The first-order valence-electron chi connectivity index (χ1n) is 6.99. The molecule has 7 heteroatoms. The molecule has 3 rings (SSSR count). The van der Waals surface area contributed by atoms with Gasteiger partial charge in [0.1, 0.15) is 10.7 Å². The Kier molecular flexibility index (Phi) is 4.12. The maximum atomic E-state index is 12.4. The van der Waals surface area contributed by atoms with Crippen LogP contribution in [-0.2, 0) is 0 Å². The molecule has 1 atom stereocenters. The lowest BCUT2D eigenvalue weighted by Gasteiger charge is -2.12. The maximum absolute atomic E-state index is 12.4. The topological polar surface area (TPSA) is 71.2 Å². The number of thiophene rings is 1. The van der Waals surface area contributed by atoms with Gasteiger partial charge in [-0.05, 0) is 42.2 Å². The minimum Gasteiger partial charge on any atom is -0.382 e. The molecule has 0 radical (unpaired) electrons. The smallest absolute Gasteiger partial charge is 0.265 e. The summed E-state index contributed by atoms with van der Waals surface area (Å²) in [6.45, 7) is 3.97. The quantitative estimate of drug-likeness (QED) is 0.908. The Morgan fingerprint density at radius 3 is 2.90 bits per heavy atom. The number of nitrogens with one attached hydrogen (secondary N) is 1. The zero-order valence-corrected chi connectivity index (χ0v) is 13.5. The van der Waals surface area contributed by atoms with Gasteiger partial charge in [0.2, 0.25) is 0 Å². The molecule has 1 aliphatic heterocycles. The van der Waals surface area contributed by atoms with E-state index in [-0.39, 0.29) is 11.9 Å². The van der Waals surface area contributed by atoms with Gasteiger partial charge in [0.15, 0.2) is 5.13 Å². The molecule has 0 spiro atoms. The summed E-state index contributed by atoms with van der Waals surface area (Å²) in [5.41, 5.74) is 7.03. The van der Waals surface area contributed by atoms with Crippen molar-refractivity contribution in [2.45, 2.75) is 25.8 Å². The highest BCUT2D eigenvalue weighted by atomic mass is 32.1. The number of aromatic nitrogens is 1. The third kappa shape index (κ3) is 3.03. The van der Waals surface area contributed by atoms with Crippen LogP contribution in [0.15, 0.2) is 16.8 Å². The molecular formula is C14H18N4OS2. The van der Waals surface area contributed by atoms with Crippen LogP contribution >= 0.6 is 22.7 Å². The van der Waals surface area contributed by atoms with Gasteiger partial charge < -0.3 is 16.0 Å². The molecule has 112 valence electrons. The fourth-order valence-corrected chi connectivity index (χ4v) is 4.09. The number of hydrogen-bond donors (Lipinski definition) is 2. The van der Waals surface area contributed by atoms with Crippen molar-refractivity contribution in [1.82, 2.24) is 10.3 Å². The van der Waals surface area contributed by atoms with Crippen molar-refractivity contribution in [2.24, 2.45) is 0 Å². The van der Waals surface area contributed by atoms with Crippen LogP contribution in [0.3, 0.4) is 0 Å². The van der Waals surface area contributed by atoms with Crippen LogP contribution in [-0.4, -0.2) is 24.0 Å². The summed E-state index contributed by atoms with van der Waals surface area (Å²) in [5, 5.41) is 7.89. The molecule has 3 N–H and O–H groups in total. The molecule has 3 heterocycles. The molecule has 21 heavy (non-hydrogen) atoms. The molecule has 1 unspecified atom stereocenters. The molecule has 0 aliphatic carbocycles. The lowest BCUT2D eigenvalue weighted by molar-refractivity contribution is 0.0944. The van der Waals surface area contributed by atoms with Gasteiger partial charge in [-0.25, -0.2) is 4.98 Å². The van der Waals surface area contributed by atoms with Crippen LogP contribution in [0.2, 0.25) is 0 Å². The number of carbonyl (C=O) groups excluding carboxylic acids is 1. The first kappa shape index (κ1) is 14.3. The molecule has 0 saturated carbocycles. The van der Waals surface area contributed by atoms with Gasteiger partial charge in [0, 0.05) is 13.1 Å². The number of rotatable bonds is 4. The van der Waals surface area contributed by atoms with Crippen LogP contribution in [0.4, 0.5) is 10.9 Å². The molecule has 1 saturated heterocycles. The van der Waals surface area contributed by atoms with Gasteiger partial charge in [-0.15, -0.1) is 0 Å². The summed E-state index contributed by atoms with van der Waals surface area (Å²) in [6.07, 6.45) is 2.35. The molecule has 1 amide bonds. The van der Waals surface area contributed by atoms with Gasteiger partial charge in [0.05, 0.1) is 6.04 Å². The summed E-state index contributed by atoms with van der Waals surface area (Å²) in [6, 6.07) is 1.99. The molecule has 2 aromatic rings. The lowest BCUT2D eigenvalue weighted by atomic mass is 10.2. The fraction of sp³-hybridized carbons (Fsp3) is 0.429. The zero-order valence-electron chi connectivity index (χ0n) is 11.8. The number of nitrogen functional groups attached to an aromatic ring is 1. The van der Waals surface area contributed by atoms with Crippen molar-refractivity contribution in [1.29, 1.82) is 0 Å². The molecule has 2 aromatic heterocycles. The van der Waals surface area contributed by atoms with Crippen LogP contribution in [0, 0.1) is 0 Å². The largest absolute Gasteiger partial charge is 0.382 e. The highest BCUT2D eigenvalue weighted by molar-refractivity contribution is 7.18. The van der Waals surface area contributed by atoms with E-state index >= 15 is 0 Å². The van der Waals surface area contributed by atoms with Crippen LogP contribution in [0.5, 0.6) is 0 Å². The van der Waals surface area contributed by atoms with E-state index in [0.29, 0.717) is 10.7 Å². The lowest BCUT2D eigenvalue weighted by Crippen LogP contribution is -2.26. The van der Waals surface area contributed by atoms with E-state index in [1.54, 1.807) is 11.3 Å². The van der Waals surface area contributed by atoms with E-state index in [2.05, 4.69) is 15.2 Å². The standard InChI is InChI=1S/C14H18N4OS2/c1-9(10-4-7-20-8-10)16-13(19)11-12(15)17-14(21-11)18-5-2-3-6-18/h4,7-9H,2-3,5-6,15H2,1H3,(H,16,19).